The van der Waals surface area contributed by atoms with Crippen LogP contribution >= 0.6 is 0 Å². The second kappa shape index (κ2) is 4.20. The summed E-state index contributed by atoms with van der Waals surface area (Å²) in [6.07, 6.45) is 1.05. The molecule has 0 amide bonds. The standard InChI is InChI=1S/C10H7F2N3O2/c11-5-1-2-7(6(12)3-5)17-8-4-14-10(13)15-9(8)16/h1-4H,(H3,13,14,15,16). The number of nitrogen functional groups attached to an aromatic ring is 1. The highest BCUT2D eigenvalue weighted by molar-refractivity contribution is 5.31. The molecule has 1 heterocycles. The third-order valence-corrected chi connectivity index (χ3v) is 1.90. The molecule has 0 unspecified atom stereocenters. The summed E-state index contributed by atoms with van der Waals surface area (Å²) < 4.78 is 30.8. The van der Waals surface area contributed by atoms with Gasteiger partial charge in [-0.1, -0.05) is 0 Å². The lowest BCUT2D eigenvalue weighted by atomic mass is 10.3. The largest absolute Gasteiger partial charge is 0.447 e. The molecule has 7 heteroatoms. The van der Waals surface area contributed by atoms with Gasteiger partial charge in [-0.15, -0.1) is 0 Å². The number of anilines is 1. The van der Waals surface area contributed by atoms with Gasteiger partial charge in [-0.05, 0) is 12.1 Å². The number of aromatic amines is 1. The highest BCUT2D eigenvalue weighted by Crippen LogP contribution is 2.22. The first-order valence-electron chi connectivity index (χ1n) is 4.54. The number of nitrogens with one attached hydrogen (secondary N) is 1. The second-order valence-electron chi connectivity index (χ2n) is 3.14. The van der Waals surface area contributed by atoms with E-state index in [1.807, 2.05) is 0 Å². The smallest absolute Gasteiger partial charge is 0.295 e. The molecule has 0 spiro atoms. The number of nitrogens with zero attached hydrogens (tertiary/aromatic N) is 1. The van der Waals surface area contributed by atoms with Crippen LogP contribution < -0.4 is 16.0 Å². The minimum atomic E-state index is -0.916. The maximum atomic E-state index is 13.2. The van der Waals surface area contributed by atoms with E-state index in [9.17, 15) is 13.6 Å². The third-order valence-electron chi connectivity index (χ3n) is 1.90. The summed E-state index contributed by atoms with van der Waals surface area (Å²) in [5.74, 6) is -2.24. The van der Waals surface area contributed by atoms with Gasteiger partial charge in [-0.2, -0.15) is 0 Å². The zero-order valence-corrected chi connectivity index (χ0v) is 8.41. The van der Waals surface area contributed by atoms with Gasteiger partial charge in [0, 0.05) is 6.07 Å². The molecule has 0 radical (unpaired) electrons. The highest BCUT2D eigenvalue weighted by atomic mass is 19.1. The van der Waals surface area contributed by atoms with E-state index in [1.165, 1.54) is 0 Å². The molecular weight excluding hydrogens is 232 g/mol. The van der Waals surface area contributed by atoms with Crippen molar-refractivity contribution in [1.29, 1.82) is 0 Å². The quantitative estimate of drug-likeness (QED) is 0.830. The molecule has 0 aliphatic carbocycles. The van der Waals surface area contributed by atoms with Crippen molar-refractivity contribution in [3.8, 4) is 11.5 Å². The van der Waals surface area contributed by atoms with E-state index in [0.29, 0.717) is 6.07 Å². The Morgan fingerprint density at radius 2 is 2.06 bits per heavy atom. The maximum Gasteiger partial charge on any atom is 0.295 e. The van der Waals surface area contributed by atoms with Crippen LogP contribution in [0, 0.1) is 11.6 Å². The normalized spacial score (nSPS) is 10.2. The van der Waals surface area contributed by atoms with E-state index in [0.717, 1.165) is 18.3 Å². The third kappa shape index (κ3) is 2.39. The number of rotatable bonds is 2. The van der Waals surface area contributed by atoms with Gasteiger partial charge in [0.1, 0.15) is 5.82 Å². The predicted octanol–water partition coefficient (Wildman–Crippen LogP) is 1.42. The zero-order valence-electron chi connectivity index (χ0n) is 8.41. The van der Waals surface area contributed by atoms with Crippen molar-refractivity contribution in [1.82, 2.24) is 9.97 Å². The molecule has 0 aliphatic heterocycles. The first kappa shape index (κ1) is 11.1. The van der Waals surface area contributed by atoms with Crippen LogP contribution in [0.15, 0.2) is 29.2 Å². The van der Waals surface area contributed by atoms with Crippen LogP contribution in [0.1, 0.15) is 0 Å². The summed E-state index contributed by atoms with van der Waals surface area (Å²) in [6.45, 7) is 0. The molecule has 0 bridgehead atoms. The Morgan fingerprint density at radius 3 is 2.71 bits per heavy atom. The molecule has 0 saturated carbocycles. The Balaban J connectivity index is 2.35. The van der Waals surface area contributed by atoms with E-state index in [2.05, 4.69) is 9.97 Å². The Hall–Kier alpha value is -2.44. The van der Waals surface area contributed by atoms with Crippen molar-refractivity contribution in [2.24, 2.45) is 0 Å². The van der Waals surface area contributed by atoms with Crippen molar-refractivity contribution in [2.75, 3.05) is 5.73 Å². The second-order valence-corrected chi connectivity index (χ2v) is 3.14. The number of H-pyrrole nitrogens is 1. The monoisotopic (exact) mass is 239 g/mol. The van der Waals surface area contributed by atoms with E-state index < -0.39 is 17.2 Å². The maximum absolute atomic E-state index is 13.2. The van der Waals surface area contributed by atoms with Crippen LogP contribution in [-0.2, 0) is 0 Å². The van der Waals surface area contributed by atoms with Gasteiger partial charge in [-0.3, -0.25) is 9.78 Å². The fourth-order valence-electron chi connectivity index (χ4n) is 1.15. The number of hydrogen-bond acceptors (Lipinski definition) is 4. The fourth-order valence-corrected chi connectivity index (χ4v) is 1.15. The Kier molecular flexibility index (Phi) is 2.73. The number of hydrogen-bond donors (Lipinski definition) is 2. The first-order chi connectivity index (χ1) is 8.06. The van der Waals surface area contributed by atoms with E-state index in [4.69, 9.17) is 10.5 Å². The number of nitrogens with two attached hydrogens (primary N) is 1. The molecule has 1 aromatic heterocycles. The van der Waals surface area contributed by atoms with Gasteiger partial charge in [0.15, 0.2) is 17.5 Å². The lowest BCUT2D eigenvalue weighted by Gasteiger charge is -2.05. The van der Waals surface area contributed by atoms with Crippen LogP contribution in [0.25, 0.3) is 0 Å². The lowest BCUT2D eigenvalue weighted by molar-refractivity contribution is 0.430. The van der Waals surface area contributed by atoms with E-state index in [-0.39, 0.29) is 17.4 Å². The SMILES string of the molecule is Nc1ncc(Oc2ccc(F)cc2F)c(=O)[nH]1. The number of aromatic nitrogens is 2. The number of halogens is 2. The number of benzene rings is 1. The van der Waals surface area contributed by atoms with Crippen LogP contribution in [-0.4, -0.2) is 9.97 Å². The van der Waals surface area contributed by atoms with Gasteiger partial charge in [0.05, 0.1) is 6.20 Å². The molecule has 88 valence electrons. The minimum absolute atomic E-state index is 0.0815. The van der Waals surface area contributed by atoms with Crippen LogP contribution in [0.5, 0.6) is 11.5 Å². The van der Waals surface area contributed by atoms with Crippen molar-refractivity contribution < 1.29 is 13.5 Å². The lowest BCUT2D eigenvalue weighted by Crippen LogP contribution is -2.12. The summed E-state index contributed by atoms with van der Waals surface area (Å²) in [4.78, 5) is 17.1. The van der Waals surface area contributed by atoms with Gasteiger partial charge in [-0.25, -0.2) is 13.8 Å². The summed E-state index contributed by atoms with van der Waals surface area (Å²) in [5, 5.41) is 0. The Morgan fingerprint density at radius 1 is 1.29 bits per heavy atom. The summed E-state index contributed by atoms with van der Waals surface area (Å²) >= 11 is 0. The average molecular weight is 239 g/mol. The molecule has 0 fully saturated rings. The van der Waals surface area contributed by atoms with Crippen LogP contribution in [0.4, 0.5) is 14.7 Å². The summed E-state index contributed by atoms with van der Waals surface area (Å²) in [6, 6.07) is 2.73. The first-order valence-corrected chi connectivity index (χ1v) is 4.54. The van der Waals surface area contributed by atoms with Gasteiger partial charge >= 0.3 is 0 Å². The highest BCUT2D eigenvalue weighted by Gasteiger charge is 2.09. The summed E-state index contributed by atoms with van der Waals surface area (Å²) in [5.41, 5.74) is 4.57. The molecular formula is C10H7F2N3O2. The Bertz CT molecular complexity index is 613. The topological polar surface area (TPSA) is 81.0 Å². The molecule has 3 N–H and O–H groups in total. The number of ether oxygens (including phenoxy) is 1. The van der Waals surface area contributed by atoms with Crippen molar-refractivity contribution >= 4 is 5.95 Å². The predicted molar refractivity (Wildman–Crippen MR) is 55.7 cm³/mol. The summed E-state index contributed by atoms with van der Waals surface area (Å²) in [7, 11) is 0. The van der Waals surface area contributed by atoms with Crippen molar-refractivity contribution in [3.63, 3.8) is 0 Å². The van der Waals surface area contributed by atoms with Gasteiger partial charge < -0.3 is 10.5 Å². The van der Waals surface area contributed by atoms with E-state index in [1.54, 1.807) is 0 Å². The molecule has 0 aliphatic rings. The van der Waals surface area contributed by atoms with E-state index >= 15 is 0 Å². The van der Waals surface area contributed by atoms with Gasteiger partial charge in [0.2, 0.25) is 5.75 Å². The molecule has 0 saturated heterocycles. The van der Waals surface area contributed by atoms with Crippen molar-refractivity contribution in [2.45, 2.75) is 0 Å². The molecule has 2 aromatic rings. The molecule has 2 rings (SSSR count). The minimum Gasteiger partial charge on any atom is -0.447 e. The van der Waals surface area contributed by atoms with Crippen LogP contribution in [0.2, 0.25) is 0 Å². The zero-order chi connectivity index (χ0) is 12.4. The molecule has 1 aromatic carbocycles. The molecule has 5 nitrogen and oxygen atoms in total. The molecule has 0 atom stereocenters. The average Bonchev–Trinajstić information content (AvgIpc) is 2.25. The van der Waals surface area contributed by atoms with Crippen molar-refractivity contribution in [3.05, 3.63) is 46.4 Å². The van der Waals surface area contributed by atoms with Crippen LogP contribution in [0.3, 0.4) is 0 Å². The molecule has 17 heavy (non-hydrogen) atoms. The Labute approximate surface area is 93.9 Å². The fraction of sp³-hybridized carbons (Fsp3) is 0. The van der Waals surface area contributed by atoms with Gasteiger partial charge in [0.25, 0.3) is 5.56 Å².